The van der Waals surface area contributed by atoms with E-state index in [1.165, 1.54) is 5.56 Å². The van der Waals surface area contributed by atoms with Crippen molar-refractivity contribution in [1.29, 1.82) is 0 Å². The van der Waals surface area contributed by atoms with Gasteiger partial charge in [0, 0.05) is 6.04 Å². The highest BCUT2D eigenvalue weighted by molar-refractivity contribution is 5.44. The first-order chi connectivity index (χ1) is 11.1. The first kappa shape index (κ1) is 15.3. The van der Waals surface area contributed by atoms with E-state index in [0.717, 1.165) is 17.4 Å². The number of rotatable bonds is 6. The number of nitrogens with one attached hydrogen (secondary N) is 1. The van der Waals surface area contributed by atoms with Crippen molar-refractivity contribution in [2.45, 2.75) is 32.2 Å². The number of aryl methyl sites for hydroxylation is 1. The van der Waals surface area contributed by atoms with Gasteiger partial charge in [0.05, 0.1) is 0 Å². The van der Waals surface area contributed by atoms with Crippen molar-refractivity contribution in [1.82, 2.24) is 19.8 Å². The molecule has 0 radical (unpaired) electrons. The number of hydrogen-bond acceptors (Lipinski definition) is 4. The van der Waals surface area contributed by atoms with Gasteiger partial charge in [-0.1, -0.05) is 30.3 Å². The Morgan fingerprint density at radius 1 is 1.09 bits per heavy atom. The molecule has 0 saturated heterocycles. The van der Waals surface area contributed by atoms with Crippen molar-refractivity contribution in [3.8, 4) is 0 Å². The van der Waals surface area contributed by atoms with E-state index in [4.69, 9.17) is 0 Å². The van der Waals surface area contributed by atoms with Gasteiger partial charge in [0.15, 0.2) is 5.65 Å². The number of nitrogens with zero attached hydrogens (tertiary/aromatic N) is 4. The molecule has 7 heteroatoms. The number of alkyl halides is 2. The summed E-state index contributed by atoms with van der Waals surface area (Å²) in [5, 5.41) is 14.5. The second-order valence-corrected chi connectivity index (χ2v) is 5.42. The van der Waals surface area contributed by atoms with Crippen LogP contribution in [-0.4, -0.2) is 25.9 Å². The maximum atomic E-state index is 12.8. The molecule has 0 aliphatic rings. The van der Waals surface area contributed by atoms with Gasteiger partial charge in [-0.3, -0.25) is 0 Å². The fourth-order valence-electron chi connectivity index (χ4n) is 2.37. The van der Waals surface area contributed by atoms with Crippen molar-refractivity contribution in [2.24, 2.45) is 0 Å². The summed E-state index contributed by atoms with van der Waals surface area (Å²) in [6, 6.07) is 13.7. The van der Waals surface area contributed by atoms with Gasteiger partial charge in [-0.2, -0.15) is 4.52 Å². The summed E-state index contributed by atoms with van der Waals surface area (Å²) in [5.74, 6) is 0.0837. The van der Waals surface area contributed by atoms with Gasteiger partial charge in [0.2, 0.25) is 5.82 Å². The fraction of sp³-hybridized carbons (Fsp3) is 0.312. The lowest BCUT2D eigenvalue weighted by atomic mass is 10.1. The summed E-state index contributed by atoms with van der Waals surface area (Å²) in [7, 11) is 0. The van der Waals surface area contributed by atoms with Gasteiger partial charge in [-0.05, 0) is 37.5 Å². The molecule has 0 fully saturated rings. The molecule has 0 saturated carbocycles. The normalized spacial score (nSPS) is 12.7. The minimum atomic E-state index is -2.71. The van der Waals surface area contributed by atoms with E-state index in [0.29, 0.717) is 11.5 Å². The highest BCUT2D eigenvalue weighted by Gasteiger charge is 2.17. The van der Waals surface area contributed by atoms with Crippen LogP contribution in [0.2, 0.25) is 0 Å². The lowest BCUT2D eigenvalue weighted by Crippen LogP contribution is -2.17. The van der Waals surface area contributed by atoms with Crippen LogP contribution in [0.25, 0.3) is 5.65 Å². The Morgan fingerprint density at radius 2 is 1.87 bits per heavy atom. The van der Waals surface area contributed by atoms with E-state index in [2.05, 4.69) is 32.7 Å². The molecule has 1 N–H and O–H groups in total. The van der Waals surface area contributed by atoms with Crippen LogP contribution in [0, 0.1) is 0 Å². The van der Waals surface area contributed by atoms with Crippen LogP contribution in [0.5, 0.6) is 0 Å². The third-order valence-electron chi connectivity index (χ3n) is 3.59. The fourth-order valence-corrected chi connectivity index (χ4v) is 2.37. The molecular formula is C16H17F2N5. The van der Waals surface area contributed by atoms with Crippen LogP contribution < -0.4 is 5.32 Å². The summed E-state index contributed by atoms with van der Waals surface area (Å²) in [4.78, 5) is 0. The zero-order chi connectivity index (χ0) is 16.2. The molecule has 5 nitrogen and oxygen atoms in total. The quantitative estimate of drug-likeness (QED) is 0.756. The van der Waals surface area contributed by atoms with E-state index < -0.39 is 12.2 Å². The molecule has 23 heavy (non-hydrogen) atoms. The second kappa shape index (κ2) is 6.68. The van der Waals surface area contributed by atoms with Gasteiger partial charge < -0.3 is 5.32 Å². The third kappa shape index (κ3) is 3.61. The minimum absolute atomic E-state index is 0.159. The molecule has 3 aromatic rings. The zero-order valence-electron chi connectivity index (χ0n) is 12.7. The second-order valence-electron chi connectivity index (χ2n) is 5.42. The van der Waals surface area contributed by atoms with E-state index in [9.17, 15) is 8.78 Å². The highest BCUT2D eigenvalue weighted by atomic mass is 19.3. The predicted molar refractivity (Wildman–Crippen MR) is 83.6 cm³/mol. The molecule has 0 aliphatic carbocycles. The maximum absolute atomic E-state index is 12.8. The summed E-state index contributed by atoms with van der Waals surface area (Å²) in [6.07, 6.45) is -0.858. The Bertz CT molecular complexity index is 772. The lowest BCUT2D eigenvalue weighted by molar-refractivity contribution is 0.137. The van der Waals surface area contributed by atoms with Crippen molar-refractivity contribution in [2.75, 3.05) is 5.32 Å². The van der Waals surface area contributed by atoms with Crippen molar-refractivity contribution in [3.63, 3.8) is 0 Å². The van der Waals surface area contributed by atoms with E-state index in [-0.39, 0.29) is 6.04 Å². The van der Waals surface area contributed by atoms with Crippen molar-refractivity contribution in [3.05, 3.63) is 53.9 Å². The monoisotopic (exact) mass is 317 g/mol. The molecule has 0 aliphatic heterocycles. The summed E-state index contributed by atoms with van der Waals surface area (Å²) in [6.45, 7) is 2.04. The van der Waals surface area contributed by atoms with Crippen LogP contribution in [-0.2, 0) is 6.42 Å². The highest BCUT2D eigenvalue weighted by Crippen LogP contribution is 2.18. The summed E-state index contributed by atoms with van der Waals surface area (Å²) < 4.78 is 26.8. The van der Waals surface area contributed by atoms with Gasteiger partial charge in [-0.25, -0.2) is 8.78 Å². The van der Waals surface area contributed by atoms with Crippen LogP contribution in [0.3, 0.4) is 0 Å². The molecule has 2 aromatic heterocycles. The van der Waals surface area contributed by atoms with Gasteiger partial charge in [0.25, 0.3) is 6.43 Å². The largest absolute Gasteiger partial charge is 0.366 e. The number of aromatic nitrogens is 4. The Morgan fingerprint density at radius 3 is 2.61 bits per heavy atom. The molecule has 0 spiro atoms. The molecule has 1 aromatic carbocycles. The molecule has 3 rings (SSSR count). The minimum Gasteiger partial charge on any atom is -0.366 e. The Balaban J connectivity index is 1.67. The number of fused-ring (bicyclic) bond motifs is 1. The Kier molecular flexibility index (Phi) is 4.45. The van der Waals surface area contributed by atoms with Gasteiger partial charge in [-0.15, -0.1) is 15.3 Å². The third-order valence-corrected chi connectivity index (χ3v) is 3.59. The number of anilines is 1. The Labute approximate surface area is 132 Å². The molecule has 0 amide bonds. The number of hydrogen-bond donors (Lipinski definition) is 1. The van der Waals surface area contributed by atoms with E-state index in [1.54, 1.807) is 12.1 Å². The maximum Gasteiger partial charge on any atom is 0.299 e. The molecule has 2 heterocycles. The first-order valence-corrected chi connectivity index (χ1v) is 7.44. The van der Waals surface area contributed by atoms with Gasteiger partial charge >= 0.3 is 0 Å². The van der Waals surface area contributed by atoms with Crippen molar-refractivity contribution < 1.29 is 8.78 Å². The molecule has 1 atom stereocenters. The smallest absolute Gasteiger partial charge is 0.299 e. The predicted octanol–water partition coefficient (Wildman–Crippen LogP) is 3.50. The van der Waals surface area contributed by atoms with E-state index >= 15 is 0 Å². The number of benzene rings is 1. The van der Waals surface area contributed by atoms with Crippen LogP contribution in [0.1, 0.15) is 31.2 Å². The molecule has 120 valence electrons. The lowest BCUT2D eigenvalue weighted by Gasteiger charge is -2.14. The average molecular weight is 317 g/mol. The molecule has 0 bridgehead atoms. The standard InChI is InChI=1S/C16H17F2N5/c1-11(7-8-12-5-3-2-4-6-12)19-13-9-10-14-20-21-16(15(17)18)23(14)22-13/h2-6,9-11,15H,7-8H2,1H3,(H,19,22). The van der Waals surface area contributed by atoms with Crippen LogP contribution >= 0.6 is 0 Å². The van der Waals surface area contributed by atoms with E-state index in [1.807, 2.05) is 25.1 Å². The van der Waals surface area contributed by atoms with Crippen LogP contribution in [0.15, 0.2) is 42.5 Å². The topological polar surface area (TPSA) is 55.1 Å². The zero-order valence-corrected chi connectivity index (χ0v) is 12.7. The molecule has 1 unspecified atom stereocenters. The summed E-state index contributed by atoms with van der Waals surface area (Å²) in [5.41, 5.74) is 1.58. The first-order valence-electron chi connectivity index (χ1n) is 7.44. The Hall–Kier alpha value is -2.57. The van der Waals surface area contributed by atoms with Crippen molar-refractivity contribution >= 4 is 11.5 Å². The van der Waals surface area contributed by atoms with Crippen LogP contribution in [0.4, 0.5) is 14.6 Å². The summed E-state index contributed by atoms with van der Waals surface area (Å²) >= 11 is 0. The molecular weight excluding hydrogens is 300 g/mol. The number of halogens is 2. The average Bonchev–Trinajstić information content (AvgIpc) is 2.97. The SMILES string of the molecule is CC(CCc1ccccc1)Nc1ccc2nnc(C(F)F)n2n1. The van der Waals surface area contributed by atoms with Gasteiger partial charge in [0.1, 0.15) is 5.82 Å².